The Morgan fingerprint density at radius 3 is 2.56 bits per heavy atom. The van der Waals surface area contributed by atoms with E-state index in [-0.39, 0.29) is 0 Å². The van der Waals surface area contributed by atoms with Crippen molar-refractivity contribution in [2.24, 2.45) is 11.8 Å². The second-order valence-electron chi connectivity index (χ2n) is 4.10. The van der Waals surface area contributed by atoms with Crippen LogP contribution in [0.3, 0.4) is 0 Å². The molecular weight excluding hydrogens is 196 g/mol. The molecule has 0 saturated heterocycles. The quantitative estimate of drug-likeness (QED) is 0.552. The zero-order chi connectivity index (χ0) is 11.4. The summed E-state index contributed by atoms with van der Waals surface area (Å²) in [6, 6.07) is 7.84. The Morgan fingerprint density at radius 1 is 1.38 bits per heavy atom. The third-order valence-corrected chi connectivity index (χ3v) is 2.86. The molecule has 1 aliphatic carbocycles. The first-order valence-corrected chi connectivity index (χ1v) is 5.61. The summed E-state index contributed by atoms with van der Waals surface area (Å²) in [4.78, 5) is 0. The first kappa shape index (κ1) is 10.8. The Labute approximate surface area is 97.1 Å². The van der Waals surface area contributed by atoms with Gasteiger partial charge in [0, 0.05) is 11.5 Å². The van der Waals surface area contributed by atoms with Gasteiger partial charge in [-0.15, -0.1) is 6.58 Å². The number of methoxy groups -OCH3 is 1. The molecule has 0 aliphatic heterocycles. The fourth-order valence-corrected chi connectivity index (χ4v) is 1.67. The van der Waals surface area contributed by atoms with Gasteiger partial charge in [0.15, 0.2) is 0 Å². The van der Waals surface area contributed by atoms with Crippen molar-refractivity contribution in [1.29, 1.82) is 0 Å². The molecule has 82 valence electrons. The third-order valence-electron chi connectivity index (χ3n) is 2.86. The SMILES string of the molecule is C=C[C@@H](C#Cc1ccc(OC)cc1)C1CC1. The van der Waals surface area contributed by atoms with Crippen molar-refractivity contribution < 1.29 is 4.74 Å². The zero-order valence-corrected chi connectivity index (χ0v) is 9.57. The first-order chi connectivity index (χ1) is 7.83. The molecule has 0 unspecified atom stereocenters. The maximum absolute atomic E-state index is 5.10. The van der Waals surface area contributed by atoms with Gasteiger partial charge in [0.2, 0.25) is 0 Å². The predicted octanol–water partition coefficient (Wildman–Crippen LogP) is 3.26. The summed E-state index contributed by atoms with van der Waals surface area (Å²) in [5.74, 6) is 8.45. The lowest BCUT2D eigenvalue weighted by molar-refractivity contribution is 0.415. The molecule has 0 N–H and O–H groups in total. The van der Waals surface area contributed by atoms with Gasteiger partial charge in [-0.05, 0) is 43.0 Å². The Kier molecular flexibility index (Phi) is 3.31. The normalized spacial score (nSPS) is 15.8. The Bertz CT molecular complexity index is 415. The largest absolute Gasteiger partial charge is 0.497 e. The topological polar surface area (TPSA) is 9.23 Å². The average molecular weight is 212 g/mol. The molecule has 1 saturated carbocycles. The van der Waals surface area contributed by atoms with Crippen molar-refractivity contribution in [3.8, 4) is 17.6 Å². The van der Waals surface area contributed by atoms with E-state index in [9.17, 15) is 0 Å². The lowest BCUT2D eigenvalue weighted by Crippen LogP contribution is -1.93. The van der Waals surface area contributed by atoms with Gasteiger partial charge in [-0.3, -0.25) is 0 Å². The van der Waals surface area contributed by atoms with E-state index >= 15 is 0 Å². The van der Waals surface area contributed by atoms with Crippen LogP contribution in [0.15, 0.2) is 36.9 Å². The highest BCUT2D eigenvalue weighted by molar-refractivity contribution is 5.39. The average Bonchev–Trinajstić information content (AvgIpc) is 3.15. The van der Waals surface area contributed by atoms with E-state index in [0.717, 1.165) is 17.2 Å². The number of rotatable bonds is 3. The Balaban J connectivity index is 2.06. The van der Waals surface area contributed by atoms with Crippen LogP contribution in [0.1, 0.15) is 18.4 Å². The van der Waals surface area contributed by atoms with Gasteiger partial charge in [0.25, 0.3) is 0 Å². The molecule has 16 heavy (non-hydrogen) atoms. The van der Waals surface area contributed by atoms with E-state index in [4.69, 9.17) is 4.74 Å². The van der Waals surface area contributed by atoms with Gasteiger partial charge in [0.05, 0.1) is 7.11 Å². The number of ether oxygens (including phenoxy) is 1. The minimum absolute atomic E-state index is 0.363. The molecule has 1 atom stereocenters. The minimum atomic E-state index is 0.363. The second kappa shape index (κ2) is 4.90. The fraction of sp³-hybridized carbons (Fsp3) is 0.333. The van der Waals surface area contributed by atoms with Crippen LogP contribution in [0.5, 0.6) is 5.75 Å². The van der Waals surface area contributed by atoms with Crippen molar-refractivity contribution in [1.82, 2.24) is 0 Å². The van der Waals surface area contributed by atoms with Crippen molar-refractivity contribution in [2.75, 3.05) is 7.11 Å². The highest BCUT2D eigenvalue weighted by atomic mass is 16.5. The third kappa shape index (κ3) is 2.67. The summed E-state index contributed by atoms with van der Waals surface area (Å²) in [5.41, 5.74) is 1.04. The molecule has 1 aromatic rings. The van der Waals surface area contributed by atoms with Gasteiger partial charge in [-0.1, -0.05) is 17.9 Å². The van der Waals surface area contributed by atoms with Crippen LogP contribution in [0.2, 0.25) is 0 Å². The highest BCUT2D eigenvalue weighted by Crippen LogP contribution is 2.36. The fourth-order valence-electron chi connectivity index (χ4n) is 1.67. The summed E-state index contributed by atoms with van der Waals surface area (Å²) < 4.78 is 5.10. The van der Waals surface area contributed by atoms with Crippen LogP contribution in [0.4, 0.5) is 0 Å². The van der Waals surface area contributed by atoms with E-state index in [0.29, 0.717) is 5.92 Å². The molecule has 0 amide bonds. The predicted molar refractivity (Wildman–Crippen MR) is 66.3 cm³/mol. The number of allylic oxidation sites excluding steroid dienone is 1. The van der Waals surface area contributed by atoms with E-state index in [2.05, 4.69) is 18.4 Å². The minimum Gasteiger partial charge on any atom is -0.497 e. The molecule has 1 heteroatoms. The number of hydrogen-bond donors (Lipinski definition) is 0. The Hall–Kier alpha value is -1.68. The van der Waals surface area contributed by atoms with Gasteiger partial charge in [-0.25, -0.2) is 0 Å². The van der Waals surface area contributed by atoms with Crippen LogP contribution < -0.4 is 4.74 Å². The molecule has 0 heterocycles. The van der Waals surface area contributed by atoms with Crippen molar-refractivity contribution in [2.45, 2.75) is 12.8 Å². The molecule has 1 nitrogen and oxygen atoms in total. The van der Waals surface area contributed by atoms with Gasteiger partial charge in [0.1, 0.15) is 5.75 Å². The van der Waals surface area contributed by atoms with E-state index < -0.39 is 0 Å². The van der Waals surface area contributed by atoms with Gasteiger partial charge >= 0.3 is 0 Å². The van der Waals surface area contributed by atoms with Crippen LogP contribution in [0, 0.1) is 23.7 Å². The lowest BCUT2D eigenvalue weighted by atomic mass is 10.0. The molecule has 0 radical (unpaired) electrons. The maximum Gasteiger partial charge on any atom is 0.118 e. The summed E-state index contributed by atoms with van der Waals surface area (Å²) in [5, 5.41) is 0. The molecule has 2 rings (SSSR count). The lowest BCUT2D eigenvalue weighted by Gasteiger charge is -2.00. The van der Waals surface area contributed by atoms with E-state index in [1.165, 1.54) is 12.8 Å². The van der Waals surface area contributed by atoms with E-state index in [1.54, 1.807) is 7.11 Å². The molecule has 1 fully saturated rings. The van der Waals surface area contributed by atoms with Gasteiger partial charge in [-0.2, -0.15) is 0 Å². The Morgan fingerprint density at radius 2 is 2.06 bits per heavy atom. The van der Waals surface area contributed by atoms with Gasteiger partial charge < -0.3 is 4.74 Å². The smallest absolute Gasteiger partial charge is 0.118 e. The molecule has 0 bridgehead atoms. The molecular formula is C15H16O. The van der Waals surface area contributed by atoms with Crippen molar-refractivity contribution in [3.05, 3.63) is 42.5 Å². The monoisotopic (exact) mass is 212 g/mol. The standard InChI is InChI=1S/C15H16O/c1-3-13(14-8-9-14)7-4-12-5-10-15(16-2)11-6-12/h3,5-6,10-11,13-14H,1,8-9H2,2H3/t13-/m0/s1. The summed E-state index contributed by atoms with van der Waals surface area (Å²) in [6.07, 6.45) is 4.57. The van der Waals surface area contributed by atoms with Crippen LogP contribution in [-0.4, -0.2) is 7.11 Å². The molecule has 0 aromatic heterocycles. The highest BCUT2D eigenvalue weighted by Gasteiger charge is 2.27. The summed E-state index contributed by atoms with van der Waals surface area (Å²) in [7, 11) is 1.67. The van der Waals surface area contributed by atoms with Crippen molar-refractivity contribution >= 4 is 0 Å². The number of hydrogen-bond acceptors (Lipinski definition) is 1. The molecule has 1 aliphatic rings. The maximum atomic E-state index is 5.10. The van der Waals surface area contributed by atoms with E-state index in [1.807, 2.05) is 30.3 Å². The van der Waals surface area contributed by atoms with Crippen LogP contribution in [0.25, 0.3) is 0 Å². The summed E-state index contributed by atoms with van der Waals surface area (Å²) in [6.45, 7) is 3.84. The first-order valence-electron chi connectivity index (χ1n) is 5.61. The summed E-state index contributed by atoms with van der Waals surface area (Å²) >= 11 is 0. The molecule has 1 aromatic carbocycles. The van der Waals surface area contributed by atoms with Crippen LogP contribution in [-0.2, 0) is 0 Å². The zero-order valence-electron chi connectivity index (χ0n) is 9.57. The van der Waals surface area contributed by atoms with Crippen molar-refractivity contribution in [3.63, 3.8) is 0 Å². The van der Waals surface area contributed by atoms with Crippen LogP contribution >= 0.6 is 0 Å². The molecule has 0 spiro atoms. The second-order valence-corrected chi connectivity index (χ2v) is 4.10. The number of benzene rings is 1.